The smallest absolute Gasteiger partial charge is 0.254 e. The molecule has 31 heavy (non-hydrogen) atoms. The third-order valence-corrected chi connectivity index (χ3v) is 7.45. The summed E-state index contributed by atoms with van der Waals surface area (Å²) in [4.78, 5) is 25.2. The fourth-order valence-corrected chi connectivity index (χ4v) is 5.63. The van der Waals surface area contributed by atoms with Gasteiger partial charge in [0.2, 0.25) is 0 Å². The molecule has 3 aromatic heterocycles. The van der Waals surface area contributed by atoms with Gasteiger partial charge >= 0.3 is 0 Å². The van der Waals surface area contributed by atoms with Gasteiger partial charge in [-0.15, -0.1) is 11.3 Å². The second-order valence-electron chi connectivity index (χ2n) is 8.74. The fourth-order valence-electron chi connectivity index (χ4n) is 4.49. The second kappa shape index (κ2) is 7.71. The predicted molar refractivity (Wildman–Crippen MR) is 125 cm³/mol. The van der Waals surface area contributed by atoms with E-state index in [1.807, 2.05) is 31.0 Å². The summed E-state index contributed by atoms with van der Waals surface area (Å²) in [6, 6.07) is 10.3. The summed E-state index contributed by atoms with van der Waals surface area (Å²) in [5.74, 6) is 0.759. The van der Waals surface area contributed by atoms with Crippen LogP contribution in [-0.2, 0) is 7.05 Å². The number of likely N-dealkylation sites (tertiary alicyclic amines) is 1. The van der Waals surface area contributed by atoms with Crippen LogP contribution in [0, 0.1) is 6.92 Å². The maximum atomic E-state index is 13.6. The maximum absolute atomic E-state index is 13.6. The number of para-hydroxylation sites is 1. The zero-order chi connectivity index (χ0) is 21.7. The molecule has 0 N–H and O–H groups in total. The molecular weight excluding hydrogens is 406 g/mol. The molecule has 1 saturated heterocycles. The highest BCUT2D eigenvalue weighted by Gasteiger charge is 2.29. The number of benzene rings is 1. The molecule has 1 aliphatic heterocycles. The van der Waals surface area contributed by atoms with Crippen LogP contribution >= 0.6 is 11.3 Å². The van der Waals surface area contributed by atoms with E-state index in [0.717, 1.165) is 59.4 Å². The standard InChI is InChI=1S/C24H27N5OS/c1-14(2)19-13-17(21-15(3)27-28(4)22(21)25-19)24(30)29-11-9-16(10-12-29)23-26-18-7-5-6-8-20(18)31-23/h5-8,13-14,16H,9-12H2,1-4H3. The average Bonchev–Trinajstić information content (AvgIpc) is 3.33. The van der Waals surface area contributed by atoms with Gasteiger partial charge in [0.25, 0.3) is 5.91 Å². The first-order valence-electron chi connectivity index (χ1n) is 10.9. The molecule has 0 aliphatic carbocycles. The molecule has 1 amide bonds. The molecule has 4 aromatic rings. The molecule has 1 aliphatic rings. The molecule has 1 fully saturated rings. The molecule has 7 heteroatoms. The van der Waals surface area contributed by atoms with Crippen molar-refractivity contribution in [1.29, 1.82) is 0 Å². The van der Waals surface area contributed by atoms with E-state index < -0.39 is 0 Å². The summed E-state index contributed by atoms with van der Waals surface area (Å²) in [5.41, 5.74) is 4.39. The van der Waals surface area contributed by atoms with Crippen LogP contribution in [0.3, 0.4) is 0 Å². The zero-order valence-corrected chi connectivity index (χ0v) is 19.2. The Hall–Kier alpha value is -2.80. The van der Waals surface area contributed by atoms with Gasteiger partial charge in [-0.25, -0.2) is 9.97 Å². The molecule has 0 saturated carbocycles. The molecule has 0 bridgehead atoms. The monoisotopic (exact) mass is 433 g/mol. The number of amides is 1. The maximum Gasteiger partial charge on any atom is 0.254 e. The quantitative estimate of drug-likeness (QED) is 0.455. The van der Waals surface area contributed by atoms with Gasteiger partial charge in [0.1, 0.15) is 0 Å². The van der Waals surface area contributed by atoms with E-state index in [-0.39, 0.29) is 11.8 Å². The largest absolute Gasteiger partial charge is 0.339 e. The lowest BCUT2D eigenvalue weighted by molar-refractivity contribution is 0.0714. The van der Waals surface area contributed by atoms with Crippen molar-refractivity contribution in [1.82, 2.24) is 24.6 Å². The lowest BCUT2D eigenvalue weighted by Crippen LogP contribution is -2.38. The van der Waals surface area contributed by atoms with Gasteiger partial charge < -0.3 is 4.90 Å². The van der Waals surface area contributed by atoms with E-state index in [4.69, 9.17) is 9.97 Å². The van der Waals surface area contributed by atoms with Crippen molar-refractivity contribution < 1.29 is 4.79 Å². The van der Waals surface area contributed by atoms with Crippen molar-refractivity contribution in [3.05, 3.63) is 52.3 Å². The summed E-state index contributed by atoms with van der Waals surface area (Å²) in [6.07, 6.45) is 1.89. The lowest BCUT2D eigenvalue weighted by Gasteiger charge is -2.31. The van der Waals surface area contributed by atoms with E-state index in [0.29, 0.717) is 5.92 Å². The number of hydrogen-bond donors (Lipinski definition) is 0. The van der Waals surface area contributed by atoms with Crippen LogP contribution in [0.25, 0.3) is 21.3 Å². The van der Waals surface area contributed by atoms with Crippen LogP contribution in [-0.4, -0.2) is 43.6 Å². The molecule has 160 valence electrons. The molecule has 6 nitrogen and oxygen atoms in total. The minimum absolute atomic E-state index is 0.0909. The summed E-state index contributed by atoms with van der Waals surface area (Å²) >= 11 is 1.79. The van der Waals surface area contributed by atoms with Gasteiger partial charge in [-0.3, -0.25) is 9.48 Å². The summed E-state index contributed by atoms with van der Waals surface area (Å²) in [7, 11) is 1.89. The molecule has 5 rings (SSSR count). The number of fused-ring (bicyclic) bond motifs is 2. The first-order chi connectivity index (χ1) is 14.9. The fraction of sp³-hybridized carbons (Fsp3) is 0.417. The Balaban J connectivity index is 1.41. The second-order valence-corrected chi connectivity index (χ2v) is 9.81. The summed E-state index contributed by atoms with van der Waals surface area (Å²) in [6.45, 7) is 7.67. The number of nitrogens with zero attached hydrogens (tertiary/aromatic N) is 5. The van der Waals surface area contributed by atoms with Crippen LogP contribution in [0.4, 0.5) is 0 Å². The Labute approximate surface area is 185 Å². The number of pyridine rings is 1. The molecule has 0 unspecified atom stereocenters. The number of carbonyl (C=O) groups excluding carboxylic acids is 1. The normalized spacial score (nSPS) is 15.5. The Morgan fingerprint density at radius 3 is 2.61 bits per heavy atom. The topological polar surface area (TPSA) is 63.9 Å². The number of thiazole rings is 1. The molecule has 0 radical (unpaired) electrons. The van der Waals surface area contributed by atoms with Crippen molar-refractivity contribution in [3.8, 4) is 0 Å². The molecule has 0 spiro atoms. The van der Waals surface area contributed by atoms with Gasteiger partial charge in [-0.1, -0.05) is 26.0 Å². The van der Waals surface area contributed by atoms with Gasteiger partial charge in [0.05, 0.1) is 31.9 Å². The number of hydrogen-bond acceptors (Lipinski definition) is 5. The summed E-state index contributed by atoms with van der Waals surface area (Å²) < 4.78 is 3.02. The van der Waals surface area contributed by atoms with Crippen molar-refractivity contribution in [2.24, 2.45) is 7.05 Å². The minimum Gasteiger partial charge on any atom is -0.339 e. The third-order valence-electron chi connectivity index (χ3n) is 6.25. The lowest BCUT2D eigenvalue weighted by atomic mass is 9.96. The van der Waals surface area contributed by atoms with Crippen LogP contribution in [0.15, 0.2) is 30.3 Å². The van der Waals surface area contributed by atoms with E-state index >= 15 is 0 Å². The van der Waals surface area contributed by atoms with Crippen LogP contribution in [0.1, 0.15) is 65.3 Å². The number of rotatable bonds is 3. The number of carbonyl (C=O) groups is 1. The Kier molecular flexibility index (Phi) is 5.01. The van der Waals surface area contributed by atoms with E-state index in [1.165, 1.54) is 9.71 Å². The molecular formula is C24H27N5OS. The first-order valence-corrected chi connectivity index (χ1v) is 11.7. The van der Waals surface area contributed by atoms with Crippen molar-refractivity contribution in [3.63, 3.8) is 0 Å². The highest BCUT2D eigenvalue weighted by atomic mass is 32.1. The van der Waals surface area contributed by atoms with E-state index in [9.17, 15) is 4.79 Å². The van der Waals surface area contributed by atoms with Gasteiger partial charge in [-0.05, 0) is 43.9 Å². The van der Waals surface area contributed by atoms with E-state index in [2.05, 4.69) is 37.1 Å². The highest BCUT2D eigenvalue weighted by Crippen LogP contribution is 2.35. The first kappa shape index (κ1) is 20.1. The minimum atomic E-state index is 0.0909. The number of aromatic nitrogens is 4. The Bertz CT molecular complexity index is 1250. The number of aryl methyl sites for hydroxylation is 2. The average molecular weight is 434 g/mol. The zero-order valence-electron chi connectivity index (χ0n) is 18.4. The Morgan fingerprint density at radius 1 is 1.16 bits per heavy atom. The van der Waals surface area contributed by atoms with Crippen LogP contribution in [0.5, 0.6) is 0 Å². The molecule has 4 heterocycles. The SMILES string of the molecule is Cc1nn(C)c2nc(C(C)C)cc(C(=O)N3CCC(c4nc5ccccc5s4)CC3)c12. The number of piperidine rings is 1. The van der Waals surface area contributed by atoms with E-state index in [1.54, 1.807) is 16.0 Å². The van der Waals surface area contributed by atoms with Crippen molar-refractivity contribution in [2.75, 3.05) is 13.1 Å². The molecule has 1 aromatic carbocycles. The van der Waals surface area contributed by atoms with Gasteiger partial charge in [0.15, 0.2) is 5.65 Å². The third kappa shape index (κ3) is 3.51. The Morgan fingerprint density at radius 2 is 1.90 bits per heavy atom. The predicted octanol–water partition coefficient (Wildman–Crippen LogP) is 5.03. The van der Waals surface area contributed by atoms with Crippen molar-refractivity contribution in [2.45, 2.75) is 45.4 Å². The van der Waals surface area contributed by atoms with Gasteiger partial charge in [0, 0.05) is 31.7 Å². The summed E-state index contributed by atoms with van der Waals surface area (Å²) in [5, 5.41) is 6.61. The van der Waals surface area contributed by atoms with Gasteiger partial charge in [-0.2, -0.15) is 5.10 Å². The van der Waals surface area contributed by atoms with Crippen molar-refractivity contribution >= 4 is 38.5 Å². The van der Waals surface area contributed by atoms with Crippen LogP contribution in [0.2, 0.25) is 0 Å². The molecule has 0 atom stereocenters. The highest BCUT2D eigenvalue weighted by molar-refractivity contribution is 7.18. The van der Waals surface area contributed by atoms with Crippen LogP contribution < -0.4 is 0 Å².